The van der Waals surface area contributed by atoms with E-state index in [0.29, 0.717) is 0 Å². The molecule has 0 aliphatic rings. The number of nitrogens with two attached hydrogens (primary N) is 1. The molecule has 19 heavy (non-hydrogen) atoms. The average molecular weight is 320 g/mol. The summed E-state index contributed by atoms with van der Waals surface area (Å²) in [6.45, 7) is 2.09. The van der Waals surface area contributed by atoms with Crippen molar-refractivity contribution in [2.45, 2.75) is 32.2 Å². The molecule has 1 heterocycles. The van der Waals surface area contributed by atoms with Crippen molar-refractivity contribution >= 4 is 15.9 Å². The summed E-state index contributed by atoms with van der Waals surface area (Å²) in [5, 5.41) is 0. The lowest BCUT2D eigenvalue weighted by atomic mass is 10.1. The molecule has 0 bridgehead atoms. The lowest BCUT2D eigenvalue weighted by Gasteiger charge is -2.08. The monoisotopic (exact) mass is 319 g/mol. The van der Waals surface area contributed by atoms with Gasteiger partial charge in [0, 0.05) is 29.3 Å². The van der Waals surface area contributed by atoms with Gasteiger partial charge in [0.2, 0.25) is 0 Å². The van der Waals surface area contributed by atoms with Crippen LogP contribution in [0.3, 0.4) is 0 Å². The van der Waals surface area contributed by atoms with Crippen molar-refractivity contribution in [3.05, 3.63) is 58.1 Å². The fourth-order valence-electron chi connectivity index (χ4n) is 1.84. The molecule has 1 atom stereocenters. The third kappa shape index (κ3) is 4.11. The second kappa shape index (κ2) is 6.78. The lowest BCUT2D eigenvalue weighted by Crippen LogP contribution is -2.21. The summed E-state index contributed by atoms with van der Waals surface area (Å²) in [6.07, 6.45) is 6.31. The molecule has 0 amide bonds. The molecular formula is C15H18BrN3. The Morgan fingerprint density at radius 3 is 2.53 bits per heavy atom. The summed E-state index contributed by atoms with van der Waals surface area (Å²) < 4.78 is 1.09. The molecule has 3 nitrogen and oxygen atoms in total. The third-order valence-corrected chi connectivity index (χ3v) is 3.86. The van der Waals surface area contributed by atoms with Crippen LogP contribution in [-0.2, 0) is 12.8 Å². The zero-order chi connectivity index (χ0) is 13.7. The third-order valence-electron chi connectivity index (χ3n) is 3.09. The number of hydrogen-bond acceptors (Lipinski definition) is 3. The van der Waals surface area contributed by atoms with Gasteiger partial charge in [0.25, 0.3) is 0 Å². The van der Waals surface area contributed by atoms with E-state index in [-0.39, 0.29) is 6.04 Å². The van der Waals surface area contributed by atoms with E-state index >= 15 is 0 Å². The van der Waals surface area contributed by atoms with Gasteiger partial charge in [0.05, 0.1) is 0 Å². The summed E-state index contributed by atoms with van der Waals surface area (Å²) in [6, 6.07) is 8.33. The van der Waals surface area contributed by atoms with Crippen LogP contribution in [0.1, 0.15) is 30.3 Å². The quantitative estimate of drug-likeness (QED) is 0.921. The lowest BCUT2D eigenvalue weighted by molar-refractivity contribution is 0.642. The van der Waals surface area contributed by atoms with E-state index in [1.54, 1.807) is 0 Å². The predicted octanol–water partition coefficient (Wildman–Crippen LogP) is 3.11. The van der Waals surface area contributed by atoms with E-state index in [1.807, 2.05) is 30.6 Å². The van der Waals surface area contributed by atoms with Crippen molar-refractivity contribution in [3.63, 3.8) is 0 Å². The molecule has 100 valence electrons. The molecule has 2 N–H and O–H groups in total. The van der Waals surface area contributed by atoms with Crippen LogP contribution in [0, 0.1) is 0 Å². The molecular weight excluding hydrogens is 302 g/mol. The maximum atomic E-state index is 5.92. The Hall–Kier alpha value is -1.26. The molecule has 0 saturated heterocycles. The molecule has 1 aromatic carbocycles. The number of nitrogens with zero attached hydrogens (tertiary/aromatic N) is 2. The number of benzene rings is 1. The van der Waals surface area contributed by atoms with Gasteiger partial charge in [0.1, 0.15) is 5.82 Å². The molecule has 1 unspecified atom stereocenters. The van der Waals surface area contributed by atoms with Crippen molar-refractivity contribution in [1.29, 1.82) is 0 Å². The smallest absolute Gasteiger partial charge is 0.132 e. The van der Waals surface area contributed by atoms with Crippen LogP contribution >= 0.6 is 15.9 Å². The van der Waals surface area contributed by atoms with Gasteiger partial charge >= 0.3 is 0 Å². The Morgan fingerprint density at radius 2 is 1.89 bits per heavy atom. The van der Waals surface area contributed by atoms with E-state index < -0.39 is 0 Å². The maximum Gasteiger partial charge on any atom is 0.132 e. The first-order valence-corrected chi connectivity index (χ1v) is 7.27. The highest BCUT2D eigenvalue weighted by Crippen LogP contribution is 2.18. The standard InChI is InChI=1S/C15H18BrN3/c1-2-13(17)7-11-9-18-15(19-10-11)8-12-5-3-4-6-14(12)16/h3-6,9-10,13H,2,7-8,17H2,1H3. The molecule has 0 spiro atoms. The second-order valence-corrected chi connectivity index (χ2v) is 5.50. The van der Waals surface area contributed by atoms with Crippen LogP contribution in [0.5, 0.6) is 0 Å². The van der Waals surface area contributed by atoms with Crippen molar-refractivity contribution in [1.82, 2.24) is 9.97 Å². The Labute approximate surface area is 122 Å². The molecule has 2 aromatic rings. The summed E-state index contributed by atoms with van der Waals surface area (Å²) in [5.41, 5.74) is 8.22. The van der Waals surface area contributed by atoms with E-state index in [0.717, 1.165) is 35.1 Å². The van der Waals surface area contributed by atoms with Crippen LogP contribution in [0.2, 0.25) is 0 Å². The highest BCUT2D eigenvalue weighted by atomic mass is 79.9. The van der Waals surface area contributed by atoms with E-state index in [2.05, 4.69) is 38.9 Å². The summed E-state index contributed by atoms with van der Waals surface area (Å²) in [7, 11) is 0. The number of halogens is 1. The van der Waals surface area contributed by atoms with Crippen LogP contribution in [0.4, 0.5) is 0 Å². The number of rotatable bonds is 5. The van der Waals surface area contributed by atoms with Crippen molar-refractivity contribution in [2.75, 3.05) is 0 Å². The van der Waals surface area contributed by atoms with Gasteiger partial charge in [-0.05, 0) is 30.0 Å². The molecule has 0 fully saturated rings. The van der Waals surface area contributed by atoms with E-state index in [9.17, 15) is 0 Å². The number of aromatic nitrogens is 2. The Bertz CT molecular complexity index is 525. The topological polar surface area (TPSA) is 51.8 Å². The van der Waals surface area contributed by atoms with Gasteiger partial charge in [-0.15, -0.1) is 0 Å². The van der Waals surface area contributed by atoms with Crippen molar-refractivity contribution in [3.8, 4) is 0 Å². The number of hydrogen-bond donors (Lipinski definition) is 1. The zero-order valence-corrected chi connectivity index (χ0v) is 12.6. The minimum Gasteiger partial charge on any atom is -0.327 e. The van der Waals surface area contributed by atoms with Crippen molar-refractivity contribution < 1.29 is 0 Å². The molecule has 0 aliphatic heterocycles. The van der Waals surface area contributed by atoms with Gasteiger partial charge in [0.15, 0.2) is 0 Å². The first kappa shape index (κ1) is 14.2. The Morgan fingerprint density at radius 1 is 1.21 bits per heavy atom. The normalized spacial score (nSPS) is 12.4. The van der Waals surface area contributed by atoms with Crippen molar-refractivity contribution in [2.24, 2.45) is 5.73 Å². The summed E-state index contributed by atoms with van der Waals surface area (Å²) in [4.78, 5) is 8.83. The zero-order valence-electron chi connectivity index (χ0n) is 11.0. The molecule has 0 radical (unpaired) electrons. The Balaban J connectivity index is 2.05. The summed E-state index contributed by atoms with van der Waals surface area (Å²) in [5.74, 6) is 0.834. The largest absolute Gasteiger partial charge is 0.327 e. The fraction of sp³-hybridized carbons (Fsp3) is 0.333. The maximum absolute atomic E-state index is 5.92. The molecule has 0 aliphatic carbocycles. The second-order valence-electron chi connectivity index (χ2n) is 4.65. The predicted molar refractivity (Wildman–Crippen MR) is 81.0 cm³/mol. The Kier molecular flexibility index (Phi) is 5.05. The van der Waals surface area contributed by atoms with Gasteiger partial charge in [-0.1, -0.05) is 41.1 Å². The van der Waals surface area contributed by atoms with Gasteiger partial charge in [-0.3, -0.25) is 0 Å². The molecule has 4 heteroatoms. The first-order chi connectivity index (χ1) is 9.19. The molecule has 1 aromatic heterocycles. The minimum atomic E-state index is 0.192. The minimum absolute atomic E-state index is 0.192. The summed E-state index contributed by atoms with van der Waals surface area (Å²) >= 11 is 3.54. The van der Waals surface area contributed by atoms with Crippen LogP contribution < -0.4 is 5.73 Å². The first-order valence-electron chi connectivity index (χ1n) is 6.47. The molecule has 0 saturated carbocycles. The average Bonchev–Trinajstić information content (AvgIpc) is 2.43. The highest BCUT2D eigenvalue weighted by molar-refractivity contribution is 9.10. The van der Waals surface area contributed by atoms with Crippen LogP contribution in [-0.4, -0.2) is 16.0 Å². The molecule has 2 rings (SSSR count). The highest BCUT2D eigenvalue weighted by Gasteiger charge is 2.05. The van der Waals surface area contributed by atoms with E-state index in [4.69, 9.17) is 5.73 Å². The fourth-order valence-corrected chi connectivity index (χ4v) is 2.26. The van der Waals surface area contributed by atoms with Gasteiger partial charge in [-0.2, -0.15) is 0 Å². The van der Waals surface area contributed by atoms with Crippen LogP contribution in [0.25, 0.3) is 0 Å². The van der Waals surface area contributed by atoms with Gasteiger partial charge < -0.3 is 5.73 Å². The van der Waals surface area contributed by atoms with E-state index in [1.165, 1.54) is 5.56 Å². The van der Waals surface area contributed by atoms with Gasteiger partial charge in [-0.25, -0.2) is 9.97 Å². The van der Waals surface area contributed by atoms with Crippen LogP contribution in [0.15, 0.2) is 41.1 Å². The SMILES string of the molecule is CCC(N)Cc1cnc(Cc2ccccc2Br)nc1.